The van der Waals surface area contributed by atoms with E-state index in [1.54, 1.807) is 6.08 Å². The first-order valence-electron chi connectivity index (χ1n) is 3.31. The average Bonchev–Trinajstić information content (AvgIpc) is 1.85. The summed E-state index contributed by atoms with van der Waals surface area (Å²) in [5.41, 5.74) is 1.23. The van der Waals surface area contributed by atoms with E-state index >= 15 is 0 Å². The molecular weight excluding hydrogens is 166 g/mol. The minimum atomic E-state index is -0.411. The summed E-state index contributed by atoms with van der Waals surface area (Å²) in [6.45, 7) is 1.92. The van der Waals surface area contributed by atoms with Crippen molar-refractivity contribution in [3.05, 3.63) is 32.5 Å². The summed E-state index contributed by atoms with van der Waals surface area (Å²) in [5.74, 6) is 0. The maximum atomic E-state index is 10.3. The zero-order valence-corrected chi connectivity index (χ0v) is 6.89. The lowest BCUT2D eigenvalue weighted by Crippen LogP contribution is -2.04. The van der Waals surface area contributed by atoms with Crippen molar-refractivity contribution >= 4 is 11.6 Å². The van der Waals surface area contributed by atoms with Crippen LogP contribution in [0.1, 0.15) is 19.8 Å². The number of halogens is 1. The largest absolute Gasteiger partial charge is 0.264 e. The summed E-state index contributed by atoms with van der Waals surface area (Å²) in [6, 6.07) is 0. The molecule has 1 aliphatic carbocycles. The molecule has 0 amide bonds. The molecule has 0 radical (unpaired) electrons. The van der Waals surface area contributed by atoms with Gasteiger partial charge < -0.3 is 0 Å². The summed E-state index contributed by atoms with van der Waals surface area (Å²) in [5, 5.41) is 10.6. The van der Waals surface area contributed by atoms with E-state index in [1.807, 2.05) is 6.92 Å². The van der Waals surface area contributed by atoms with E-state index in [4.69, 9.17) is 11.6 Å². The van der Waals surface area contributed by atoms with E-state index in [1.165, 1.54) is 0 Å². The number of hydrogen-bond donors (Lipinski definition) is 0. The van der Waals surface area contributed by atoms with E-state index in [9.17, 15) is 10.1 Å². The Balaban J connectivity index is 2.95. The quantitative estimate of drug-likeness (QED) is 0.452. The summed E-state index contributed by atoms with van der Waals surface area (Å²) < 4.78 is 0. The van der Waals surface area contributed by atoms with Crippen molar-refractivity contribution in [1.82, 2.24) is 0 Å². The molecule has 1 rings (SSSR count). The Morgan fingerprint density at radius 1 is 1.64 bits per heavy atom. The Morgan fingerprint density at radius 3 is 2.73 bits per heavy atom. The van der Waals surface area contributed by atoms with Crippen molar-refractivity contribution in [1.29, 1.82) is 0 Å². The molecule has 0 heterocycles. The number of nitrogens with zero attached hydrogens (tertiary/aromatic N) is 1. The van der Waals surface area contributed by atoms with Gasteiger partial charge in [-0.05, 0) is 19.4 Å². The lowest BCUT2D eigenvalue weighted by Gasteiger charge is -2.06. The van der Waals surface area contributed by atoms with Gasteiger partial charge in [0.05, 0.1) is 4.92 Å². The predicted octanol–water partition coefficient (Wildman–Crippen LogP) is 2.45. The molecule has 60 valence electrons. The highest BCUT2D eigenvalue weighted by atomic mass is 35.5. The Hall–Kier alpha value is -0.830. The average molecular weight is 174 g/mol. The van der Waals surface area contributed by atoms with Crippen LogP contribution in [0.2, 0.25) is 0 Å². The highest BCUT2D eigenvalue weighted by Gasteiger charge is 2.19. The molecule has 0 aromatic carbocycles. The molecule has 3 nitrogen and oxygen atoms in total. The monoisotopic (exact) mass is 173 g/mol. The normalized spacial score (nSPS) is 18.2. The fourth-order valence-corrected chi connectivity index (χ4v) is 1.34. The van der Waals surface area contributed by atoms with Crippen LogP contribution in [0.15, 0.2) is 22.4 Å². The van der Waals surface area contributed by atoms with E-state index in [0.29, 0.717) is 6.42 Å². The van der Waals surface area contributed by atoms with Crippen molar-refractivity contribution in [2.45, 2.75) is 19.8 Å². The molecule has 0 aromatic rings. The van der Waals surface area contributed by atoms with Crippen molar-refractivity contribution < 1.29 is 4.92 Å². The van der Waals surface area contributed by atoms with Crippen LogP contribution in [-0.4, -0.2) is 4.92 Å². The molecule has 0 fully saturated rings. The van der Waals surface area contributed by atoms with Gasteiger partial charge in [0.2, 0.25) is 0 Å². The number of nitro groups is 1. The van der Waals surface area contributed by atoms with Crippen LogP contribution in [0.3, 0.4) is 0 Å². The van der Waals surface area contributed by atoms with Crippen LogP contribution in [0.5, 0.6) is 0 Å². The van der Waals surface area contributed by atoms with Gasteiger partial charge in [-0.15, -0.1) is 0 Å². The molecule has 11 heavy (non-hydrogen) atoms. The molecule has 4 heteroatoms. The van der Waals surface area contributed by atoms with E-state index in [0.717, 1.165) is 12.0 Å². The summed E-state index contributed by atoms with van der Waals surface area (Å²) in [4.78, 5) is 9.89. The third kappa shape index (κ3) is 1.80. The maximum Gasteiger partial charge on any atom is 0.264 e. The molecule has 0 aliphatic heterocycles. The van der Waals surface area contributed by atoms with Gasteiger partial charge in [-0.2, -0.15) is 0 Å². The van der Waals surface area contributed by atoms with Crippen LogP contribution in [0.4, 0.5) is 0 Å². The van der Waals surface area contributed by atoms with Gasteiger partial charge >= 0.3 is 0 Å². The number of hydrogen-bond acceptors (Lipinski definition) is 2. The lowest BCUT2D eigenvalue weighted by atomic mass is 10.0. The second kappa shape index (κ2) is 3.05. The molecule has 0 spiro atoms. The highest BCUT2D eigenvalue weighted by molar-refractivity contribution is 6.31. The predicted molar refractivity (Wildman–Crippen MR) is 42.9 cm³/mol. The molecular formula is C7H8ClNO2. The first-order chi connectivity index (χ1) is 5.11. The Morgan fingerprint density at radius 2 is 2.27 bits per heavy atom. The van der Waals surface area contributed by atoms with Gasteiger partial charge in [-0.3, -0.25) is 10.1 Å². The zero-order chi connectivity index (χ0) is 8.43. The molecule has 0 bridgehead atoms. The van der Waals surface area contributed by atoms with Crippen molar-refractivity contribution in [2.24, 2.45) is 0 Å². The maximum absolute atomic E-state index is 10.3. The van der Waals surface area contributed by atoms with Gasteiger partial charge in [-0.1, -0.05) is 17.2 Å². The molecule has 1 aliphatic rings. The van der Waals surface area contributed by atoms with Crippen molar-refractivity contribution in [3.8, 4) is 0 Å². The molecule has 0 saturated heterocycles. The molecule has 0 aromatic heterocycles. The van der Waals surface area contributed by atoms with Crippen LogP contribution in [0.25, 0.3) is 0 Å². The standard InChI is InChI=1S/C7H8ClNO2/c1-5-2-3-7(9(10)11)6(8)4-5/h4H,2-3H2,1H3. The number of allylic oxidation sites excluding steroid dienone is 4. The molecule has 0 atom stereocenters. The molecule has 0 N–H and O–H groups in total. The Kier molecular flexibility index (Phi) is 2.29. The topological polar surface area (TPSA) is 43.1 Å². The Labute approximate surface area is 69.5 Å². The first kappa shape index (κ1) is 8.27. The van der Waals surface area contributed by atoms with Crippen LogP contribution in [0, 0.1) is 10.1 Å². The summed E-state index contributed by atoms with van der Waals surface area (Å²) in [7, 11) is 0. The summed E-state index contributed by atoms with van der Waals surface area (Å²) in [6.07, 6.45) is 2.85. The molecule has 0 unspecified atom stereocenters. The first-order valence-corrected chi connectivity index (χ1v) is 3.69. The fourth-order valence-electron chi connectivity index (χ4n) is 0.985. The van der Waals surface area contributed by atoms with Gasteiger partial charge in [0.25, 0.3) is 5.70 Å². The van der Waals surface area contributed by atoms with E-state index < -0.39 is 4.92 Å². The zero-order valence-electron chi connectivity index (χ0n) is 6.13. The van der Waals surface area contributed by atoms with Crippen LogP contribution in [-0.2, 0) is 0 Å². The van der Waals surface area contributed by atoms with Gasteiger partial charge in [0.15, 0.2) is 0 Å². The second-order valence-electron chi connectivity index (χ2n) is 2.54. The number of rotatable bonds is 1. The smallest absolute Gasteiger partial charge is 0.259 e. The van der Waals surface area contributed by atoms with E-state index in [-0.39, 0.29) is 10.7 Å². The highest BCUT2D eigenvalue weighted by Crippen LogP contribution is 2.25. The SMILES string of the molecule is CC1=CC(Cl)=C([N+](=O)[O-])CC1. The van der Waals surface area contributed by atoms with Gasteiger partial charge in [0.1, 0.15) is 5.03 Å². The second-order valence-corrected chi connectivity index (χ2v) is 2.95. The van der Waals surface area contributed by atoms with Crippen LogP contribution < -0.4 is 0 Å². The van der Waals surface area contributed by atoms with Crippen LogP contribution >= 0.6 is 11.6 Å². The molecule has 0 saturated carbocycles. The van der Waals surface area contributed by atoms with Crippen molar-refractivity contribution in [2.75, 3.05) is 0 Å². The Bertz CT molecular complexity index is 255. The third-order valence-corrected chi connectivity index (χ3v) is 1.95. The van der Waals surface area contributed by atoms with Gasteiger partial charge in [-0.25, -0.2) is 0 Å². The lowest BCUT2D eigenvalue weighted by molar-refractivity contribution is -0.428. The van der Waals surface area contributed by atoms with Crippen molar-refractivity contribution in [3.63, 3.8) is 0 Å². The van der Waals surface area contributed by atoms with Gasteiger partial charge in [0, 0.05) is 6.42 Å². The van der Waals surface area contributed by atoms with E-state index in [2.05, 4.69) is 0 Å². The summed E-state index contributed by atoms with van der Waals surface area (Å²) >= 11 is 5.63. The minimum absolute atomic E-state index is 0.136. The fraction of sp³-hybridized carbons (Fsp3) is 0.429. The third-order valence-electron chi connectivity index (χ3n) is 1.63. The minimum Gasteiger partial charge on any atom is -0.259 e.